The molecule has 122 valence electrons. The normalized spacial score (nSPS) is 11.8. The van der Waals surface area contributed by atoms with Gasteiger partial charge in [-0.2, -0.15) is 0 Å². The summed E-state index contributed by atoms with van der Waals surface area (Å²) in [7, 11) is 0. The molecule has 0 aliphatic carbocycles. The first-order valence-corrected chi connectivity index (χ1v) is 8.91. The topological polar surface area (TPSA) is 38.3 Å². The zero-order valence-corrected chi connectivity index (χ0v) is 14.7. The third-order valence-electron chi connectivity index (χ3n) is 3.47. The first-order chi connectivity index (χ1) is 11.2. The number of hydrogen-bond acceptors (Lipinski definition) is 3. The highest BCUT2D eigenvalue weighted by Gasteiger charge is 2.17. The summed E-state index contributed by atoms with van der Waals surface area (Å²) >= 11 is 1.71. The zero-order valence-electron chi connectivity index (χ0n) is 13.8. The van der Waals surface area contributed by atoms with Crippen LogP contribution in [0.1, 0.15) is 26.3 Å². The highest BCUT2D eigenvalue weighted by atomic mass is 32.2. The Labute approximate surface area is 142 Å². The van der Waals surface area contributed by atoms with Crippen LogP contribution in [-0.4, -0.2) is 17.8 Å². The predicted octanol–water partition coefficient (Wildman–Crippen LogP) is 4.77. The summed E-state index contributed by atoms with van der Waals surface area (Å²) in [6, 6.07) is 15.7. The van der Waals surface area contributed by atoms with Gasteiger partial charge in [-0.3, -0.25) is 4.79 Å². The molecule has 2 aromatic carbocycles. The minimum Gasteiger partial charge on any atom is -0.481 e. The van der Waals surface area contributed by atoms with E-state index in [9.17, 15) is 4.79 Å². The van der Waals surface area contributed by atoms with Crippen LogP contribution in [0.4, 0.5) is 5.69 Å². The van der Waals surface area contributed by atoms with E-state index in [1.165, 1.54) is 0 Å². The maximum absolute atomic E-state index is 12.4. The van der Waals surface area contributed by atoms with E-state index in [-0.39, 0.29) is 5.91 Å². The number of rotatable bonds is 7. The van der Waals surface area contributed by atoms with Crippen molar-refractivity contribution in [1.29, 1.82) is 0 Å². The maximum atomic E-state index is 12.4. The molecule has 23 heavy (non-hydrogen) atoms. The Kier molecular flexibility index (Phi) is 6.53. The molecule has 2 aromatic rings. The number of carbonyl (C=O) groups excluding carboxylic acids is 1. The molecule has 0 aliphatic heterocycles. The molecule has 2 rings (SSSR count). The molecule has 0 fully saturated rings. The molecule has 0 spiro atoms. The molecular formula is C19H23NO2S. The van der Waals surface area contributed by atoms with Crippen LogP contribution in [-0.2, 0) is 11.2 Å². The first kappa shape index (κ1) is 17.4. The van der Waals surface area contributed by atoms with Crippen LogP contribution in [0.25, 0.3) is 0 Å². The Morgan fingerprint density at radius 3 is 2.57 bits per heavy atom. The van der Waals surface area contributed by atoms with Crippen molar-refractivity contribution < 1.29 is 9.53 Å². The van der Waals surface area contributed by atoms with Crippen molar-refractivity contribution in [2.45, 2.75) is 38.2 Å². The Hall–Kier alpha value is -1.94. The molecule has 1 atom stereocenters. The van der Waals surface area contributed by atoms with Gasteiger partial charge in [0.2, 0.25) is 0 Å². The minimum absolute atomic E-state index is 0.139. The van der Waals surface area contributed by atoms with Crippen LogP contribution >= 0.6 is 11.8 Å². The number of benzene rings is 2. The summed E-state index contributed by atoms with van der Waals surface area (Å²) in [5, 5.41) is 2.97. The van der Waals surface area contributed by atoms with Gasteiger partial charge in [0.1, 0.15) is 5.75 Å². The van der Waals surface area contributed by atoms with E-state index in [0.717, 1.165) is 34.1 Å². The number of hydrogen-bond donors (Lipinski definition) is 1. The van der Waals surface area contributed by atoms with Gasteiger partial charge in [0.25, 0.3) is 5.91 Å². The van der Waals surface area contributed by atoms with Gasteiger partial charge in [-0.15, -0.1) is 11.8 Å². The van der Waals surface area contributed by atoms with Crippen molar-refractivity contribution >= 4 is 23.4 Å². The molecule has 4 heteroatoms. The van der Waals surface area contributed by atoms with E-state index in [1.54, 1.807) is 18.7 Å². The highest BCUT2D eigenvalue weighted by molar-refractivity contribution is 7.99. The molecule has 0 radical (unpaired) electrons. The van der Waals surface area contributed by atoms with Gasteiger partial charge in [0.15, 0.2) is 6.10 Å². The van der Waals surface area contributed by atoms with Crippen molar-refractivity contribution in [3.63, 3.8) is 0 Å². The molecule has 0 bridgehead atoms. The fourth-order valence-electron chi connectivity index (χ4n) is 2.24. The molecule has 0 unspecified atom stereocenters. The van der Waals surface area contributed by atoms with E-state index >= 15 is 0 Å². The van der Waals surface area contributed by atoms with Crippen LogP contribution in [0.15, 0.2) is 53.4 Å². The van der Waals surface area contributed by atoms with Crippen molar-refractivity contribution in [3.8, 4) is 5.75 Å². The lowest BCUT2D eigenvalue weighted by Gasteiger charge is -2.18. The largest absolute Gasteiger partial charge is 0.481 e. The molecule has 0 aromatic heterocycles. The van der Waals surface area contributed by atoms with E-state index in [0.29, 0.717) is 0 Å². The van der Waals surface area contributed by atoms with E-state index in [4.69, 9.17) is 4.74 Å². The van der Waals surface area contributed by atoms with Gasteiger partial charge >= 0.3 is 0 Å². The van der Waals surface area contributed by atoms with Gasteiger partial charge in [-0.1, -0.05) is 44.2 Å². The molecule has 1 amide bonds. The molecule has 0 saturated heterocycles. The average molecular weight is 329 g/mol. The van der Waals surface area contributed by atoms with E-state index in [2.05, 4.69) is 19.2 Å². The number of ether oxygens (including phenoxy) is 1. The number of amides is 1. The lowest BCUT2D eigenvalue weighted by Crippen LogP contribution is -2.30. The molecule has 1 N–H and O–H groups in total. The van der Waals surface area contributed by atoms with Gasteiger partial charge in [0.05, 0.1) is 5.69 Å². The molecular weight excluding hydrogens is 306 g/mol. The number of anilines is 1. The molecule has 0 saturated carbocycles. The molecule has 0 heterocycles. The van der Waals surface area contributed by atoms with Gasteiger partial charge in [0, 0.05) is 4.90 Å². The van der Waals surface area contributed by atoms with Crippen molar-refractivity contribution in [3.05, 3.63) is 54.1 Å². The number of thioether (sulfide) groups is 1. The fraction of sp³-hybridized carbons (Fsp3) is 0.316. The Balaban J connectivity index is 2.06. The van der Waals surface area contributed by atoms with Crippen LogP contribution in [0.2, 0.25) is 0 Å². The lowest BCUT2D eigenvalue weighted by atomic mass is 10.1. The summed E-state index contributed by atoms with van der Waals surface area (Å²) in [6.45, 7) is 5.94. The number of para-hydroxylation sites is 2. The number of nitrogens with one attached hydrogen (secondary N) is 1. The van der Waals surface area contributed by atoms with Crippen molar-refractivity contribution in [1.82, 2.24) is 0 Å². The second-order valence-corrected chi connectivity index (χ2v) is 6.45. The third-order valence-corrected chi connectivity index (χ3v) is 4.43. The maximum Gasteiger partial charge on any atom is 0.265 e. The summed E-state index contributed by atoms with van der Waals surface area (Å²) < 4.78 is 5.85. The van der Waals surface area contributed by atoms with Crippen LogP contribution in [0.5, 0.6) is 5.75 Å². The van der Waals surface area contributed by atoms with Gasteiger partial charge < -0.3 is 10.1 Å². The van der Waals surface area contributed by atoms with Crippen LogP contribution < -0.4 is 10.1 Å². The molecule has 3 nitrogen and oxygen atoms in total. The summed E-state index contributed by atoms with van der Waals surface area (Å²) in [5.41, 5.74) is 1.94. The summed E-state index contributed by atoms with van der Waals surface area (Å²) in [6.07, 6.45) is 0.322. The SMILES string of the molecule is CCSc1ccccc1NC(=O)[C@@H](C)Oc1ccccc1CC. The van der Waals surface area contributed by atoms with Crippen molar-refractivity contribution in [2.75, 3.05) is 11.1 Å². The standard InChI is InChI=1S/C19H23NO2S/c1-4-15-10-6-8-12-17(15)22-14(3)19(21)20-16-11-7-9-13-18(16)23-5-2/h6-14H,4-5H2,1-3H3,(H,20,21)/t14-/m1/s1. The van der Waals surface area contributed by atoms with E-state index in [1.807, 2.05) is 48.5 Å². The highest BCUT2D eigenvalue weighted by Crippen LogP contribution is 2.27. The summed E-state index contributed by atoms with van der Waals surface area (Å²) in [4.78, 5) is 13.5. The predicted molar refractivity (Wildman–Crippen MR) is 97.4 cm³/mol. The number of aryl methyl sites for hydroxylation is 1. The van der Waals surface area contributed by atoms with Crippen LogP contribution in [0, 0.1) is 0 Å². The third kappa shape index (κ3) is 4.76. The second-order valence-electron chi connectivity index (χ2n) is 5.14. The van der Waals surface area contributed by atoms with Gasteiger partial charge in [-0.25, -0.2) is 0 Å². The Morgan fingerprint density at radius 2 is 1.83 bits per heavy atom. The minimum atomic E-state index is -0.553. The zero-order chi connectivity index (χ0) is 16.7. The Bertz CT molecular complexity index is 657. The smallest absolute Gasteiger partial charge is 0.265 e. The monoisotopic (exact) mass is 329 g/mol. The lowest BCUT2D eigenvalue weighted by molar-refractivity contribution is -0.122. The van der Waals surface area contributed by atoms with Crippen LogP contribution in [0.3, 0.4) is 0 Å². The quantitative estimate of drug-likeness (QED) is 0.744. The van der Waals surface area contributed by atoms with Gasteiger partial charge in [-0.05, 0) is 42.9 Å². The molecule has 0 aliphatic rings. The fourth-order valence-corrected chi connectivity index (χ4v) is 3.00. The first-order valence-electron chi connectivity index (χ1n) is 7.93. The summed E-state index contributed by atoms with van der Waals surface area (Å²) in [5.74, 6) is 1.59. The Morgan fingerprint density at radius 1 is 1.13 bits per heavy atom. The number of carbonyl (C=O) groups is 1. The second kappa shape index (κ2) is 8.63. The van der Waals surface area contributed by atoms with Crippen molar-refractivity contribution in [2.24, 2.45) is 0 Å². The average Bonchev–Trinajstić information content (AvgIpc) is 2.57. The van der Waals surface area contributed by atoms with E-state index < -0.39 is 6.10 Å².